The molecule has 194 valence electrons. The molecule has 9 nitrogen and oxygen atoms in total. The van der Waals surface area contributed by atoms with Crippen molar-refractivity contribution in [1.82, 2.24) is 14.9 Å². The Labute approximate surface area is 211 Å². The number of pyridine rings is 1. The van der Waals surface area contributed by atoms with Gasteiger partial charge in [-0.2, -0.15) is 0 Å². The zero-order valence-corrected chi connectivity index (χ0v) is 20.3. The lowest BCUT2D eigenvalue weighted by atomic mass is 10.1. The summed E-state index contributed by atoms with van der Waals surface area (Å²) in [4.78, 5) is 40.4. The molecule has 0 radical (unpaired) electrons. The minimum atomic E-state index is -1.03. The van der Waals surface area contributed by atoms with Crippen molar-refractivity contribution < 1.29 is 28.2 Å². The number of methoxy groups -OCH3 is 1. The first-order valence-corrected chi connectivity index (χ1v) is 11.5. The summed E-state index contributed by atoms with van der Waals surface area (Å²) in [7, 11) is 1.48. The van der Waals surface area contributed by atoms with Crippen LogP contribution in [0.4, 0.5) is 8.78 Å². The van der Waals surface area contributed by atoms with E-state index in [1.54, 1.807) is 30.1 Å². The summed E-state index contributed by atoms with van der Waals surface area (Å²) in [5, 5.41) is 14.9. The molecule has 0 aliphatic carbocycles. The fourth-order valence-corrected chi connectivity index (χ4v) is 4.02. The van der Waals surface area contributed by atoms with Crippen molar-refractivity contribution in [1.29, 1.82) is 0 Å². The zero-order valence-electron chi connectivity index (χ0n) is 20.3. The van der Waals surface area contributed by atoms with Gasteiger partial charge in [0, 0.05) is 32.0 Å². The number of hydrogen-bond donors (Lipinski definition) is 2. The molecule has 11 heteroatoms. The molecule has 0 spiro atoms. The molecule has 0 unspecified atom stereocenters. The van der Waals surface area contributed by atoms with Gasteiger partial charge in [-0.25, -0.2) is 8.78 Å². The number of rotatable bonds is 8. The Morgan fingerprint density at radius 3 is 2.54 bits per heavy atom. The molecule has 0 fully saturated rings. The van der Waals surface area contributed by atoms with Crippen molar-refractivity contribution in [2.75, 3.05) is 31.9 Å². The number of ether oxygens (including phenoxy) is 1. The highest BCUT2D eigenvalue weighted by molar-refractivity contribution is 5.99. The molecule has 4 rings (SSSR count). The first-order chi connectivity index (χ1) is 17.7. The van der Waals surface area contributed by atoms with E-state index in [4.69, 9.17) is 4.74 Å². The number of hydrogen-bond acceptors (Lipinski definition) is 6. The molecular formula is C26H26F2N4O5. The number of carbonyl (C=O) groups is 2. The van der Waals surface area contributed by atoms with Crippen LogP contribution in [0, 0.1) is 18.6 Å². The van der Waals surface area contributed by atoms with Gasteiger partial charge < -0.3 is 20.1 Å². The predicted molar refractivity (Wildman–Crippen MR) is 131 cm³/mol. The maximum absolute atomic E-state index is 14.2. The average molecular weight is 513 g/mol. The highest BCUT2D eigenvalue weighted by Gasteiger charge is 2.34. The van der Waals surface area contributed by atoms with Crippen LogP contribution in [0.3, 0.4) is 0 Å². The largest absolute Gasteiger partial charge is 0.502 e. The van der Waals surface area contributed by atoms with Gasteiger partial charge in [0.2, 0.25) is 5.43 Å². The van der Waals surface area contributed by atoms with Crippen LogP contribution in [-0.4, -0.2) is 53.4 Å². The Morgan fingerprint density at radius 2 is 1.86 bits per heavy atom. The third-order valence-corrected chi connectivity index (χ3v) is 6.03. The van der Waals surface area contributed by atoms with Crippen molar-refractivity contribution in [3.63, 3.8) is 0 Å². The van der Waals surface area contributed by atoms with E-state index in [0.29, 0.717) is 5.56 Å². The van der Waals surface area contributed by atoms with Crippen molar-refractivity contribution in [3.8, 4) is 5.75 Å². The Hall–Kier alpha value is -4.25. The summed E-state index contributed by atoms with van der Waals surface area (Å²) in [6.07, 6.45) is 1.17. The van der Waals surface area contributed by atoms with Crippen LogP contribution in [0.15, 0.2) is 53.5 Å². The quantitative estimate of drug-likeness (QED) is 0.480. The topological polar surface area (TPSA) is 104 Å². The molecule has 2 N–H and O–H groups in total. The van der Waals surface area contributed by atoms with Crippen LogP contribution in [0.1, 0.15) is 37.5 Å². The molecule has 0 atom stereocenters. The van der Waals surface area contributed by atoms with Gasteiger partial charge in [0.15, 0.2) is 11.4 Å². The van der Waals surface area contributed by atoms with Gasteiger partial charge in [0.05, 0.1) is 13.2 Å². The minimum Gasteiger partial charge on any atom is -0.502 e. The number of aromatic nitrogens is 1. The highest BCUT2D eigenvalue weighted by atomic mass is 19.1. The lowest BCUT2D eigenvalue weighted by Gasteiger charge is -2.39. The first-order valence-electron chi connectivity index (χ1n) is 11.5. The van der Waals surface area contributed by atoms with E-state index in [-0.39, 0.29) is 44.2 Å². The average Bonchev–Trinajstić information content (AvgIpc) is 2.87. The standard InChI is InChI=1S/C26H26F2N4O5/c1-16-3-6-18(21(28)11-16)12-29-25(35)20-14-32-22(24(34)23(20)33)26(36)30(9-10-37-2)15-31(32)13-17-4-7-19(27)8-5-17/h3-8,11,14,34H,9-10,12-13,15H2,1-2H3,(H,29,35). The Morgan fingerprint density at radius 1 is 1.14 bits per heavy atom. The second-order valence-electron chi connectivity index (χ2n) is 8.69. The number of aryl methyl sites for hydroxylation is 1. The summed E-state index contributed by atoms with van der Waals surface area (Å²) in [5.41, 5.74) is -0.130. The van der Waals surface area contributed by atoms with Gasteiger partial charge in [-0.3, -0.25) is 24.1 Å². The summed E-state index contributed by atoms with van der Waals surface area (Å²) >= 11 is 0. The second-order valence-corrected chi connectivity index (χ2v) is 8.69. The third kappa shape index (κ3) is 5.46. The van der Waals surface area contributed by atoms with Crippen LogP contribution in [0.25, 0.3) is 0 Å². The Bertz CT molecular complexity index is 1390. The molecule has 0 saturated heterocycles. The van der Waals surface area contributed by atoms with Crippen molar-refractivity contribution in [3.05, 3.63) is 98.5 Å². The predicted octanol–water partition coefficient (Wildman–Crippen LogP) is 2.27. The van der Waals surface area contributed by atoms with E-state index < -0.39 is 40.2 Å². The molecule has 2 aromatic carbocycles. The van der Waals surface area contributed by atoms with Crippen molar-refractivity contribution in [2.24, 2.45) is 0 Å². The summed E-state index contributed by atoms with van der Waals surface area (Å²) in [6.45, 7) is 2.17. The molecule has 2 heterocycles. The maximum Gasteiger partial charge on any atom is 0.277 e. The summed E-state index contributed by atoms with van der Waals surface area (Å²) in [5.74, 6) is -3.25. The number of nitrogens with one attached hydrogen (secondary N) is 1. The maximum atomic E-state index is 14.2. The third-order valence-electron chi connectivity index (χ3n) is 6.03. The lowest BCUT2D eigenvalue weighted by molar-refractivity contribution is 0.0619. The summed E-state index contributed by atoms with van der Waals surface area (Å²) in [6, 6.07) is 10.3. The van der Waals surface area contributed by atoms with Crippen molar-refractivity contribution in [2.45, 2.75) is 20.0 Å². The first kappa shape index (κ1) is 25.8. The van der Waals surface area contributed by atoms with Gasteiger partial charge in [-0.15, -0.1) is 0 Å². The number of carbonyl (C=O) groups excluding carboxylic acids is 2. The molecule has 1 aromatic heterocycles. The number of benzene rings is 2. The lowest BCUT2D eigenvalue weighted by Crippen LogP contribution is -2.54. The second kappa shape index (κ2) is 10.8. The van der Waals surface area contributed by atoms with E-state index >= 15 is 0 Å². The molecule has 2 amide bonds. The van der Waals surface area contributed by atoms with Crippen LogP contribution in [0.2, 0.25) is 0 Å². The smallest absolute Gasteiger partial charge is 0.277 e. The molecule has 37 heavy (non-hydrogen) atoms. The van der Waals surface area contributed by atoms with E-state index in [1.807, 2.05) is 0 Å². The molecular weight excluding hydrogens is 486 g/mol. The monoisotopic (exact) mass is 512 g/mol. The van der Waals surface area contributed by atoms with E-state index in [2.05, 4.69) is 5.32 Å². The molecule has 0 saturated carbocycles. The summed E-state index contributed by atoms with van der Waals surface area (Å²) < 4.78 is 33.9. The van der Waals surface area contributed by atoms with E-state index in [0.717, 1.165) is 5.56 Å². The Kier molecular flexibility index (Phi) is 7.53. The molecule has 3 aromatic rings. The van der Waals surface area contributed by atoms with Crippen LogP contribution < -0.4 is 15.8 Å². The van der Waals surface area contributed by atoms with Gasteiger partial charge in [0.1, 0.15) is 23.9 Å². The number of halogens is 2. The SMILES string of the molecule is COCCN1CN(Cc2ccc(F)cc2)n2cc(C(=O)NCc3ccc(C)cc3F)c(=O)c(O)c2C1=O. The number of nitrogens with zero attached hydrogens (tertiary/aromatic N) is 3. The highest BCUT2D eigenvalue weighted by Crippen LogP contribution is 2.23. The van der Waals surface area contributed by atoms with Gasteiger partial charge in [-0.05, 0) is 36.2 Å². The van der Waals surface area contributed by atoms with Crippen LogP contribution >= 0.6 is 0 Å². The normalized spacial score (nSPS) is 13.0. The Balaban J connectivity index is 1.69. The molecule has 1 aliphatic rings. The fourth-order valence-electron chi connectivity index (χ4n) is 4.02. The van der Waals surface area contributed by atoms with Crippen LogP contribution in [0.5, 0.6) is 5.75 Å². The zero-order chi connectivity index (χ0) is 26.7. The number of aromatic hydroxyl groups is 1. The van der Waals surface area contributed by atoms with Crippen molar-refractivity contribution >= 4 is 11.8 Å². The number of fused-ring (bicyclic) bond motifs is 1. The van der Waals surface area contributed by atoms with Gasteiger partial charge >= 0.3 is 0 Å². The minimum absolute atomic E-state index is 0.0461. The van der Waals surface area contributed by atoms with E-state index in [9.17, 15) is 28.3 Å². The molecule has 1 aliphatic heterocycles. The van der Waals surface area contributed by atoms with E-state index in [1.165, 1.54) is 47.1 Å². The van der Waals surface area contributed by atoms with Crippen LogP contribution in [-0.2, 0) is 17.8 Å². The molecule has 0 bridgehead atoms. The van der Waals surface area contributed by atoms with Gasteiger partial charge in [-0.1, -0.05) is 24.3 Å². The van der Waals surface area contributed by atoms with Gasteiger partial charge in [0.25, 0.3) is 11.8 Å². The number of amides is 2. The fraction of sp³-hybridized carbons (Fsp3) is 0.269.